The Balaban J connectivity index is 1.70. The monoisotopic (exact) mass is 421 g/mol. The number of rotatable bonds is 10. The van der Waals surface area contributed by atoms with Crippen LogP contribution in [0, 0.1) is 12.5 Å². The Kier molecular flexibility index (Phi) is 7.89. The fraction of sp³-hybridized carbons (Fsp3) is 0.556. The van der Waals surface area contributed by atoms with Gasteiger partial charge in [-0.15, -0.1) is 11.3 Å². The van der Waals surface area contributed by atoms with Gasteiger partial charge in [0, 0.05) is 23.1 Å². The van der Waals surface area contributed by atoms with Crippen LogP contribution in [-0.2, 0) is 16.6 Å². The number of hydrogen-bond acceptors (Lipinski definition) is 2. The molecular formula is C27H35NOS. The molecule has 1 aromatic carbocycles. The highest BCUT2D eigenvalue weighted by atomic mass is 32.1. The van der Waals surface area contributed by atoms with Crippen LogP contribution in [0.15, 0.2) is 41.8 Å². The van der Waals surface area contributed by atoms with E-state index in [0.29, 0.717) is 24.0 Å². The lowest BCUT2D eigenvalue weighted by Crippen LogP contribution is -2.29. The van der Waals surface area contributed by atoms with E-state index in [1.54, 1.807) is 0 Å². The summed E-state index contributed by atoms with van der Waals surface area (Å²) in [6.45, 7) is 13.9. The number of aryl methyl sites for hydroxylation is 1. The third-order valence-corrected chi connectivity index (χ3v) is 7.91. The molecule has 1 fully saturated rings. The summed E-state index contributed by atoms with van der Waals surface area (Å²) in [6.07, 6.45) is 8.37. The van der Waals surface area contributed by atoms with Gasteiger partial charge in [-0.1, -0.05) is 43.7 Å². The van der Waals surface area contributed by atoms with Gasteiger partial charge < -0.3 is 4.85 Å². The lowest BCUT2D eigenvalue weighted by Gasteiger charge is -2.25. The van der Waals surface area contributed by atoms with Crippen LogP contribution in [0.1, 0.15) is 87.6 Å². The summed E-state index contributed by atoms with van der Waals surface area (Å²) in [6, 6.07) is 13.1. The van der Waals surface area contributed by atoms with Crippen LogP contribution in [0.25, 0.3) is 4.85 Å². The fourth-order valence-electron chi connectivity index (χ4n) is 4.95. The van der Waals surface area contributed by atoms with E-state index >= 15 is 0 Å². The fourth-order valence-corrected chi connectivity index (χ4v) is 5.70. The van der Waals surface area contributed by atoms with Crippen LogP contribution in [0.3, 0.4) is 0 Å². The number of benzene rings is 1. The summed E-state index contributed by atoms with van der Waals surface area (Å²) in [5.41, 5.74) is 1.94. The first kappa shape index (κ1) is 22.8. The number of Topliss-reactive ketones (excluding diaryl/α,β-unsaturated/α-hetero) is 1. The Hall–Kier alpha value is -1.92. The second-order valence-electron chi connectivity index (χ2n) is 9.30. The van der Waals surface area contributed by atoms with Crippen LogP contribution in [0.5, 0.6) is 0 Å². The molecule has 3 atom stereocenters. The molecule has 0 N–H and O–H groups in total. The second-order valence-corrected chi connectivity index (χ2v) is 10.3. The van der Waals surface area contributed by atoms with E-state index in [-0.39, 0.29) is 6.04 Å². The van der Waals surface area contributed by atoms with Crippen molar-refractivity contribution in [2.75, 3.05) is 0 Å². The second kappa shape index (κ2) is 10.4. The Morgan fingerprint density at radius 1 is 1.17 bits per heavy atom. The summed E-state index contributed by atoms with van der Waals surface area (Å²) in [4.78, 5) is 18.1. The van der Waals surface area contributed by atoms with Gasteiger partial charge in [0.05, 0.1) is 5.92 Å². The first-order chi connectivity index (χ1) is 14.5. The van der Waals surface area contributed by atoms with E-state index in [0.717, 1.165) is 37.7 Å². The van der Waals surface area contributed by atoms with Gasteiger partial charge in [0.25, 0.3) is 0 Å². The molecule has 0 radical (unpaired) electrons. The summed E-state index contributed by atoms with van der Waals surface area (Å²) < 4.78 is 0. The zero-order valence-corrected chi connectivity index (χ0v) is 19.5. The van der Waals surface area contributed by atoms with Crippen LogP contribution in [0.4, 0.5) is 0 Å². The Morgan fingerprint density at radius 2 is 1.93 bits per heavy atom. The lowest BCUT2D eigenvalue weighted by molar-refractivity contribution is -0.123. The maximum Gasteiger partial charge on any atom is 0.230 e. The van der Waals surface area contributed by atoms with Crippen molar-refractivity contribution in [2.45, 2.75) is 89.5 Å². The van der Waals surface area contributed by atoms with E-state index in [4.69, 9.17) is 6.57 Å². The smallest absolute Gasteiger partial charge is 0.230 e. The van der Waals surface area contributed by atoms with Crippen LogP contribution < -0.4 is 0 Å². The minimum atomic E-state index is -0.442. The molecule has 0 aliphatic heterocycles. The summed E-state index contributed by atoms with van der Waals surface area (Å²) >= 11 is 1.84. The van der Waals surface area contributed by atoms with Crippen LogP contribution in [0.2, 0.25) is 0 Å². The van der Waals surface area contributed by atoms with Gasteiger partial charge in [0.2, 0.25) is 6.04 Å². The average Bonchev–Trinajstić information content (AvgIpc) is 3.41. The first-order valence-electron chi connectivity index (χ1n) is 11.5. The van der Waals surface area contributed by atoms with Crippen molar-refractivity contribution in [1.82, 2.24) is 0 Å². The highest BCUT2D eigenvalue weighted by molar-refractivity contribution is 7.09. The molecule has 0 bridgehead atoms. The van der Waals surface area contributed by atoms with Gasteiger partial charge in [-0.2, -0.15) is 0 Å². The van der Waals surface area contributed by atoms with Gasteiger partial charge >= 0.3 is 0 Å². The van der Waals surface area contributed by atoms with Crippen molar-refractivity contribution in [2.24, 2.45) is 5.92 Å². The average molecular weight is 422 g/mol. The summed E-state index contributed by atoms with van der Waals surface area (Å²) in [7, 11) is 0. The molecule has 30 heavy (non-hydrogen) atoms. The van der Waals surface area contributed by atoms with Gasteiger partial charge in [0.15, 0.2) is 0 Å². The van der Waals surface area contributed by atoms with E-state index in [1.165, 1.54) is 23.3 Å². The zero-order valence-electron chi connectivity index (χ0n) is 18.7. The van der Waals surface area contributed by atoms with Gasteiger partial charge in [-0.25, -0.2) is 6.57 Å². The van der Waals surface area contributed by atoms with Crippen molar-refractivity contribution in [3.8, 4) is 0 Å². The topological polar surface area (TPSA) is 21.4 Å². The zero-order chi connectivity index (χ0) is 21.6. The van der Waals surface area contributed by atoms with E-state index in [1.807, 2.05) is 25.2 Å². The highest BCUT2D eigenvalue weighted by Crippen LogP contribution is 2.44. The quantitative estimate of drug-likeness (QED) is 0.362. The molecule has 160 valence electrons. The molecule has 0 spiro atoms. The van der Waals surface area contributed by atoms with Gasteiger partial charge in [-0.05, 0) is 74.4 Å². The Morgan fingerprint density at radius 3 is 2.57 bits per heavy atom. The van der Waals surface area contributed by atoms with Crippen molar-refractivity contribution in [1.29, 1.82) is 0 Å². The molecule has 1 heterocycles. The normalized spacial score (nSPS) is 21.5. The molecule has 1 saturated carbocycles. The lowest BCUT2D eigenvalue weighted by atomic mass is 9.77. The van der Waals surface area contributed by atoms with E-state index < -0.39 is 5.41 Å². The first-order valence-corrected chi connectivity index (χ1v) is 12.4. The van der Waals surface area contributed by atoms with Crippen molar-refractivity contribution in [3.05, 3.63) is 69.2 Å². The predicted octanol–water partition coefficient (Wildman–Crippen LogP) is 7.59. The minimum absolute atomic E-state index is 0.0989. The predicted molar refractivity (Wildman–Crippen MR) is 127 cm³/mol. The molecule has 0 saturated heterocycles. The highest BCUT2D eigenvalue weighted by Gasteiger charge is 2.41. The maximum atomic E-state index is 12.7. The van der Waals surface area contributed by atoms with E-state index in [9.17, 15) is 4.79 Å². The van der Waals surface area contributed by atoms with Crippen LogP contribution >= 0.6 is 11.3 Å². The van der Waals surface area contributed by atoms with Gasteiger partial charge in [0.1, 0.15) is 5.78 Å². The molecule has 3 unspecified atom stereocenters. The molecular weight excluding hydrogens is 386 g/mol. The van der Waals surface area contributed by atoms with Crippen molar-refractivity contribution in [3.63, 3.8) is 0 Å². The Bertz CT molecular complexity index is 844. The van der Waals surface area contributed by atoms with E-state index in [2.05, 4.69) is 53.5 Å². The molecule has 3 rings (SSSR count). The standard InChI is InChI=1S/C27H35NOS/c1-5-6-12-25(29)27(2,3)22-16-13-21(14-17-22)26-20(15-18-24(26)28-4)9-7-10-23-11-8-19-30-23/h8,11,13-14,16-17,19-20,24,26H,5-7,9-10,12,15,18H2,1-3H3. The number of thiophene rings is 1. The summed E-state index contributed by atoms with van der Waals surface area (Å²) in [5.74, 6) is 1.25. The van der Waals surface area contributed by atoms with Crippen LogP contribution in [-0.4, -0.2) is 11.8 Å². The largest absolute Gasteiger partial charge is 0.313 e. The number of carbonyl (C=O) groups excluding carboxylic acids is 1. The SMILES string of the molecule is [C-]#[N+]C1CCC(CCCc2cccs2)C1c1ccc(C(C)(C)C(=O)CCCC)cc1. The third-order valence-electron chi connectivity index (χ3n) is 6.97. The molecule has 3 heteroatoms. The summed E-state index contributed by atoms with van der Waals surface area (Å²) in [5, 5.41) is 2.15. The van der Waals surface area contributed by atoms with Gasteiger partial charge in [-0.3, -0.25) is 4.79 Å². The number of nitrogens with zero attached hydrogens (tertiary/aromatic N) is 1. The molecule has 1 aliphatic carbocycles. The van der Waals surface area contributed by atoms with Crippen molar-refractivity contribution >= 4 is 17.1 Å². The number of carbonyl (C=O) groups is 1. The minimum Gasteiger partial charge on any atom is -0.313 e. The molecule has 2 aromatic rings. The molecule has 2 nitrogen and oxygen atoms in total. The molecule has 0 amide bonds. The number of ketones is 1. The number of unbranched alkanes of at least 4 members (excludes halogenated alkanes) is 1. The molecule has 1 aliphatic rings. The molecule has 1 aromatic heterocycles. The number of hydrogen-bond donors (Lipinski definition) is 0. The van der Waals surface area contributed by atoms with Crippen molar-refractivity contribution < 1.29 is 4.79 Å². The maximum absolute atomic E-state index is 12.7. The Labute approximate surface area is 186 Å². The third kappa shape index (κ3) is 5.22.